The molecule has 0 fully saturated rings. The molecule has 0 aliphatic rings. The molecule has 0 spiro atoms. The number of carbonyl (C=O) groups is 3. The molecule has 0 radical (unpaired) electrons. The Morgan fingerprint density at radius 2 is 1.80 bits per heavy atom. The highest BCUT2D eigenvalue weighted by atomic mass is 16.2. The molecule has 6 nitrogen and oxygen atoms in total. The molecule has 86 valence electrons. The van der Waals surface area contributed by atoms with Crippen LogP contribution in [-0.4, -0.2) is 30.3 Å². The Hall–Kier alpha value is -1.59. The summed E-state index contributed by atoms with van der Waals surface area (Å²) in [4.78, 5) is 32.8. The summed E-state index contributed by atoms with van der Waals surface area (Å²) in [5, 5.41) is 4.86. The van der Waals surface area contributed by atoms with Crippen LogP contribution < -0.4 is 16.4 Å². The van der Waals surface area contributed by atoms with Gasteiger partial charge in [-0.25, -0.2) is 0 Å². The van der Waals surface area contributed by atoms with Gasteiger partial charge in [0.05, 0.1) is 0 Å². The summed E-state index contributed by atoms with van der Waals surface area (Å²) in [5.74, 6) is -1.39. The summed E-state index contributed by atoms with van der Waals surface area (Å²) in [6.45, 7) is 4.76. The largest absolute Gasteiger partial charge is 0.368 e. The van der Waals surface area contributed by atoms with Gasteiger partial charge in [0.1, 0.15) is 6.04 Å². The van der Waals surface area contributed by atoms with Gasteiger partial charge in [-0.1, -0.05) is 13.8 Å². The predicted molar refractivity (Wildman–Crippen MR) is 54.6 cm³/mol. The average molecular weight is 215 g/mol. The van der Waals surface area contributed by atoms with Crippen molar-refractivity contribution in [3.8, 4) is 0 Å². The fourth-order valence-electron chi connectivity index (χ4n) is 0.875. The van der Waals surface area contributed by atoms with E-state index in [0.29, 0.717) is 0 Å². The van der Waals surface area contributed by atoms with Gasteiger partial charge in [0, 0.05) is 19.4 Å². The molecule has 0 bridgehead atoms. The minimum absolute atomic E-state index is 0.0198. The van der Waals surface area contributed by atoms with Gasteiger partial charge in [-0.3, -0.25) is 14.4 Å². The zero-order valence-corrected chi connectivity index (χ0v) is 9.16. The third kappa shape index (κ3) is 5.66. The van der Waals surface area contributed by atoms with Crippen LogP contribution in [0.3, 0.4) is 0 Å². The second kappa shape index (κ2) is 6.00. The summed E-state index contributed by atoms with van der Waals surface area (Å²) in [6.07, 6.45) is 0. The van der Waals surface area contributed by atoms with Crippen LogP contribution in [0.25, 0.3) is 0 Å². The average Bonchev–Trinajstić information content (AvgIpc) is 2.10. The summed E-state index contributed by atoms with van der Waals surface area (Å²) in [7, 11) is 0. The topological polar surface area (TPSA) is 101 Å². The molecule has 0 aliphatic heterocycles. The highest BCUT2D eigenvalue weighted by Gasteiger charge is 2.17. The Labute approximate surface area is 88.6 Å². The van der Waals surface area contributed by atoms with E-state index >= 15 is 0 Å². The van der Waals surface area contributed by atoms with Crippen molar-refractivity contribution in [3.05, 3.63) is 0 Å². The summed E-state index contributed by atoms with van der Waals surface area (Å²) >= 11 is 0. The minimum Gasteiger partial charge on any atom is -0.368 e. The van der Waals surface area contributed by atoms with Crippen LogP contribution in [0.5, 0.6) is 0 Å². The number of amides is 3. The van der Waals surface area contributed by atoms with Gasteiger partial charge in [0.15, 0.2) is 0 Å². The number of carbonyl (C=O) groups excluding carboxylic acids is 3. The van der Waals surface area contributed by atoms with Crippen molar-refractivity contribution in [2.75, 3.05) is 6.54 Å². The third-order valence-corrected chi connectivity index (χ3v) is 1.73. The molecule has 1 atom stereocenters. The lowest BCUT2D eigenvalue weighted by atomic mass is 10.2. The van der Waals surface area contributed by atoms with Crippen molar-refractivity contribution in [1.29, 1.82) is 0 Å². The van der Waals surface area contributed by atoms with E-state index in [9.17, 15) is 14.4 Å². The van der Waals surface area contributed by atoms with Gasteiger partial charge in [0.25, 0.3) is 0 Å². The van der Waals surface area contributed by atoms with E-state index in [1.54, 1.807) is 13.8 Å². The number of hydrogen-bond acceptors (Lipinski definition) is 3. The smallest absolute Gasteiger partial charge is 0.241 e. The molecular formula is C9H17N3O3. The van der Waals surface area contributed by atoms with E-state index in [1.165, 1.54) is 6.92 Å². The van der Waals surface area contributed by atoms with Crippen LogP contribution in [0.1, 0.15) is 20.8 Å². The molecule has 6 heteroatoms. The Morgan fingerprint density at radius 1 is 1.27 bits per heavy atom. The lowest BCUT2D eigenvalue weighted by molar-refractivity contribution is -0.127. The minimum atomic E-state index is -0.856. The van der Waals surface area contributed by atoms with E-state index in [1.807, 2.05) is 0 Å². The predicted octanol–water partition coefficient (Wildman–Crippen LogP) is -1.25. The molecule has 0 heterocycles. The van der Waals surface area contributed by atoms with Crippen LogP contribution in [-0.2, 0) is 14.4 Å². The van der Waals surface area contributed by atoms with E-state index in [2.05, 4.69) is 10.6 Å². The Balaban J connectivity index is 4.13. The number of primary amides is 1. The normalized spacial score (nSPS) is 12.0. The number of nitrogens with two attached hydrogens (primary N) is 1. The summed E-state index contributed by atoms with van der Waals surface area (Å²) in [6, 6.07) is -0.856. The van der Waals surface area contributed by atoms with Crippen LogP contribution in [0.4, 0.5) is 0 Å². The lowest BCUT2D eigenvalue weighted by Crippen LogP contribution is -2.51. The Morgan fingerprint density at radius 3 is 2.13 bits per heavy atom. The van der Waals surface area contributed by atoms with Gasteiger partial charge >= 0.3 is 0 Å². The van der Waals surface area contributed by atoms with Crippen molar-refractivity contribution in [3.63, 3.8) is 0 Å². The quantitative estimate of drug-likeness (QED) is 0.534. The van der Waals surface area contributed by atoms with Crippen molar-refractivity contribution in [2.45, 2.75) is 26.8 Å². The molecule has 15 heavy (non-hydrogen) atoms. The van der Waals surface area contributed by atoms with Crippen LogP contribution in [0.15, 0.2) is 0 Å². The molecule has 0 aromatic heterocycles. The van der Waals surface area contributed by atoms with Crippen molar-refractivity contribution in [1.82, 2.24) is 10.6 Å². The zero-order chi connectivity index (χ0) is 12.0. The highest BCUT2D eigenvalue weighted by molar-refractivity contribution is 5.86. The van der Waals surface area contributed by atoms with Gasteiger partial charge < -0.3 is 16.4 Å². The maximum Gasteiger partial charge on any atom is 0.241 e. The van der Waals surface area contributed by atoms with Crippen LogP contribution in [0, 0.1) is 5.92 Å². The highest BCUT2D eigenvalue weighted by Crippen LogP contribution is 1.90. The molecule has 0 aromatic carbocycles. The van der Waals surface area contributed by atoms with Gasteiger partial charge in [-0.15, -0.1) is 0 Å². The number of nitrogens with one attached hydrogen (secondary N) is 2. The standard InChI is InChI=1S/C9H17N3O3/c1-5(2)9(15)11-4-7(8(10)14)12-6(3)13/h5,7H,4H2,1-3H3,(H2,10,14)(H,11,15)(H,12,13). The SMILES string of the molecule is CC(=O)NC(CNC(=O)C(C)C)C(N)=O. The molecule has 3 amide bonds. The zero-order valence-electron chi connectivity index (χ0n) is 9.16. The molecule has 0 saturated carbocycles. The number of rotatable bonds is 5. The second-order valence-electron chi connectivity index (χ2n) is 3.56. The molecule has 0 aliphatic carbocycles. The third-order valence-electron chi connectivity index (χ3n) is 1.73. The maximum atomic E-state index is 11.2. The first kappa shape index (κ1) is 13.4. The first-order valence-corrected chi connectivity index (χ1v) is 4.68. The molecule has 0 saturated heterocycles. The van der Waals surface area contributed by atoms with Crippen LogP contribution >= 0.6 is 0 Å². The van der Waals surface area contributed by atoms with E-state index < -0.39 is 11.9 Å². The summed E-state index contributed by atoms with van der Waals surface area (Å²) in [5.41, 5.74) is 5.04. The monoisotopic (exact) mass is 215 g/mol. The maximum absolute atomic E-state index is 11.2. The first-order valence-electron chi connectivity index (χ1n) is 4.68. The molecule has 4 N–H and O–H groups in total. The Kier molecular flexibility index (Phi) is 5.36. The van der Waals surface area contributed by atoms with Gasteiger partial charge in [0.2, 0.25) is 17.7 Å². The van der Waals surface area contributed by atoms with Gasteiger partial charge in [-0.05, 0) is 0 Å². The lowest BCUT2D eigenvalue weighted by Gasteiger charge is -2.15. The van der Waals surface area contributed by atoms with Crippen molar-refractivity contribution in [2.24, 2.45) is 11.7 Å². The fourth-order valence-corrected chi connectivity index (χ4v) is 0.875. The molecule has 0 aromatic rings. The molecular weight excluding hydrogens is 198 g/mol. The Bertz CT molecular complexity index is 263. The molecule has 1 unspecified atom stereocenters. The van der Waals surface area contributed by atoms with E-state index in [-0.39, 0.29) is 24.3 Å². The van der Waals surface area contributed by atoms with Crippen LogP contribution in [0.2, 0.25) is 0 Å². The van der Waals surface area contributed by atoms with Crippen molar-refractivity contribution >= 4 is 17.7 Å². The van der Waals surface area contributed by atoms with Crippen molar-refractivity contribution < 1.29 is 14.4 Å². The van der Waals surface area contributed by atoms with Gasteiger partial charge in [-0.2, -0.15) is 0 Å². The first-order chi connectivity index (χ1) is 6.84. The second-order valence-corrected chi connectivity index (χ2v) is 3.56. The molecule has 0 rings (SSSR count). The number of hydrogen-bond donors (Lipinski definition) is 3. The van der Waals surface area contributed by atoms with E-state index in [4.69, 9.17) is 5.73 Å². The fraction of sp³-hybridized carbons (Fsp3) is 0.667. The summed E-state index contributed by atoms with van der Waals surface area (Å²) < 4.78 is 0. The van der Waals surface area contributed by atoms with E-state index in [0.717, 1.165) is 0 Å².